The zero-order valence-electron chi connectivity index (χ0n) is 10.6. The van der Waals surface area contributed by atoms with Crippen molar-refractivity contribution in [1.82, 2.24) is 0 Å². The minimum absolute atomic E-state index is 1.23. The molecule has 0 aliphatic rings. The molecule has 0 fully saturated rings. The maximum Gasteiger partial charge on any atom is 0.217 e. The van der Waals surface area contributed by atoms with E-state index in [0.29, 0.717) is 0 Å². The topological polar surface area (TPSA) is 9.72 Å². The quantitative estimate of drug-likeness (QED) is 0.559. The Morgan fingerprint density at radius 2 is 0.867 bits per heavy atom. The highest BCUT2D eigenvalue weighted by atomic mass is 15.0. The van der Waals surface area contributed by atoms with Gasteiger partial charge in [0.1, 0.15) is 0 Å². The minimum Gasteiger partial charge on any atom is -0.424 e. The van der Waals surface area contributed by atoms with Crippen LogP contribution in [-0.4, -0.2) is 45.1 Å². The van der Waals surface area contributed by atoms with E-state index in [9.17, 15) is 0 Å². The summed E-state index contributed by atoms with van der Waals surface area (Å²) in [7, 11) is 12.4. The molecule has 78 valence electrons. The Hall–Kier alpha value is -1.19. The number of hydrogen-bond donors (Lipinski definition) is 0. The molecular weight excluding hydrogens is 183 g/mol. The fourth-order valence-electron chi connectivity index (χ4n) is 1.35. The summed E-state index contributed by atoms with van der Waals surface area (Å²) in [5.41, 5.74) is 3.68. The molecule has 1 rings (SSSR count). The molecule has 6 heteroatoms. The first kappa shape index (κ1) is 11.9. The van der Waals surface area contributed by atoms with Crippen LogP contribution >= 0.6 is 0 Å². The molecule has 0 spiro atoms. The van der Waals surface area contributed by atoms with Crippen LogP contribution in [-0.2, 0) is 0 Å². The summed E-state index contributed by atoms with van der Waals surface area (Å²) in [6.07, 6.45) is 0. The number of nitrogens with zero attached hydrogens (tertiary/aromatic N) is 3. The van der Waals surface area contributed by atoms with Gasteiger partial charge in [-0.15, -0.1) is 0 Å². The first-order valence-electron chi connectivity index (χ1n) is 5.09. The molecule has 15 heavy (non-hydrogen) atoms. The highest BCUT2D eigenvalue weighted by Gasteiger charge is 2.04. The van der Waals surface area contributed by atoms with Crippen molar-refractivity contribution in [2.24, 2.45) is 0 Å². The van der Waals surface area contributed by atoms with Gasteiger partial charge >= 0.3 is 0 Å². The van der Waals surface area contributed by atoms with Crippen molar-refractivity contribution in [3.63, 3.8) is 0 Å². The van der Waals surface area contributed by atoms with Crippen molar-refractivity contribution >= 4 is 41.0 Å². The molecule has 0 radical (unpaired) electrons. The zero-order chi connectivity index (χ0) is 11.6. The predicted molar refractivity (Wildman–Crippen MR) is 77.3 cm³/mol. The fraction of sp³-hybridized carbons (Fsp3) is 0.333. The summed E-state index contributed by atoms with van der Waals surface area (Å²) in [4.78, 5) is 6.38. The van der Waals surface area contributed by atoms with Gasteiger partial charge in [-0.1, -0.05) is 0 Å². The van der Waals surface area contributed by atoms with E-state index in [-0.39, 0.29) is 0 Å². The van der Waals surface area contributed by atoms with Crippen LogP contribution in [0, 0.1) is 0 Å². The van der Waals surface area contributed by atoms with E-state index in [2.05, 4.69) is 77.7 Å². The summed E-state index contributed by atoms with van der Waals surface area (Å²) >= 11 is 0. The van der Waals surface area contributed by atoms with Gasteiger partial charge in [0.05, 0.1) is 0 Å². The van der Waals surface area contributed by atoms with E-state index in [1.165, 1.54) is 17.1 Å². The van der Waals surface area contributed by atoms with E-state index in [1.807, 2.05) is 0 Å². The molecule has 0 heterocycles. The van der Waals surface area contributed by atoms with Crippen LogP contribution < -0.4 is 14.4 Å². The van der Waals surface area contributed by atoms with Crippen molar-refractivity contribution < 1.29 is 0 Å². The molecule has 0 saturated heterocycles. The predicted octanol–water partition coefficient (Wildman–Crippen LogP) is -1.36. The molecule has 0 saturated carbocycles. The molecule has 0 amide bonds. The standard InChI is InChI=1S/C9H18B3N3/c1-13(10)7-4-8(14(2)11)6-9(5-7)15(3)12/h4-6H,10-12H2,1-3H3. The second-order valence-electron chi connectivity index (χ2n) is 4.39. The average molecular weight is 201 g/mol. The lowest BCUT2D eigenvalue weighted by Gasteiger charge is -2.23. The molecular formula is C9H18B3N3. The number of anilines is 3. The Morgan fingerprint density at radius 3 is 1.00 bits per heavy atom. The number of rotatable bonds is 3. The molecule has 0 N–H and O–H groups in total. The number of hydrogen-bond acceptors (Lipinski definition) is 3. The van der Waals surface area contributed by atoms with Crippen molar-refractivity contribution in [2.75, 3.05) is 35.6 Å². The Labute approximate surface area is 95.3 Å². The maximum atomic E-state index is 2.19. The van der Waals surface area contributed by atoms with E-state index < -0.39 is 0 Å². The Bertz CT molecular complexity index is 275. The van der Waals surface area contributed by atoms with Gasteiger partial charge in [0.25, 0.3) is 0 Å². The van der Waals surface area contributed by atoms with Gasteiger partial charge in [0.2, 0.25) is 23.9 Å². The minimum atomic E-state index is 1.23. The monoisotopic (exact) mass is 201 g/mol. The highest BCUT2D eigenvalue weighted by Crippen LogP contribution is 2.26. The van der Waals surface area contributed by atoms with Gasteiger partial charge in [-0.05, 0) is 39.3 Å². The second-order valence-corrected chi connectivity index (χ2v) is 4.39. The van der Waals surface area contributed by atoms with Crippen molar-refractivity contribution in [3.05, 3.63) is 18.2 Å². The molecule has 1 aromatic carbocycles. The van der Waals surface area contributed by atoms with Crippen LogP contribution in [0.25, 0.3) is 0 Å². The highest BCUT2D eigenvalue weighted by molar-refractivity contribution is 6.21. The van der Waals surface area contributed by atoms with Crippen LogP contribution in [0.5, 0.6) is 0 Å². The summed E-state index contributed by atoms with van der Waals surface area (Å²) < 4.78 is 0. The molecule has 0 unspecified atom stereocenters. The third-order valence-electron chi connectivity index (χ3n) is 2.44. The third kappa shape index (κ3) is 2.88. The largest absolute Gasteiger partial charge is 0.424 e. The van der Waals surface area contributed by atoms with Gasteiger partial charge in [-0.2, -0.15) is 0 Å². The van der Waals surface area contributed by atoms with Gasteiger partial charge in [-0.25, -0.2) is 0 Å². The Kier molecular flexibility index (Phi) is 3.61. The zero-order valence-corrected chi connectivity index (χ0v) is 10.6. The molecule has 0 aromatic heterocycles. The molecule has 0 aliphatic heterocycles. The van der Waals surface area contributed by atoms with Gasteiger partial charge < -0.3 is 14.4 Å². The summed E-state index contributed by atoms with van der Waals surface area (Å²) in [5.74, 6) is 0. The van der Waals surface area contributed by atoms with Crippen molar-refractivity contribution in [3.8, 4) is 0 Å². The molecule has 0 atom stereocenters. The van der Waals surface area contributed by atoms with E-state index >= 15 is 0 Å². The third-order valence-corrected chi connectivity index (χ3v) is 2.44. The summed E-state index contributed by atoms with van der Waals surface area (Å²) in [5, 5.41) is 0. The molecule has 0 aliphatic carbocycles. The van der Waals surface area contributed by atoms with Crippen LogP contribution in [0.3, 0.4) is 0 Å². The van der Waals surface area contributed by atoms with Crippen LogP contribution in [0.4, 0.5) is 17.1 Å². The fourth-order valence-corrected chi connectivity index (χ4v) is 1.35. The van der Waals surface area contributed by atoms with Crippen molar-refractivity contribution in [2.45, 2.75) is 0 Å². The molecule has 0 bridgehead atoms. The van der Waals surface area contributed by atoms with E-state index in [4.69, 9.17) is 0 Å². The van der Waals surface area contributed by atoms with E-state index in [0.717, 1.165) is 0 Å². The van der Waals surface area contributed by atoms with Gasteiger partial charge in [0.15, 0.2) is 0 Å². The Morgan fingerprint density at radius 1 is 0.667 bits per heavy atom. The lowest BCUT2D eigenvalue weighted by atomic mass is 10.1. The van der Waals surface area contributed by atoms with Gasteiger partial charge in [0, 0.05) is 17.1 Å². The Balaban J connectivity index is 3.20. The van der Waals surface area contributed by atoms with Crippen LogP contribution in [0.15, 0.2) is 18.2 Å². The van der Waals surface area contributed by atoms with E-state index in [1.54, 1.807) is 0 Å². The van der Waals surface area contributed by atoms with Crippen molar-refractivity contribution in [1.29, 1.82) is 0 Å². The SMILES string of the molecule is BN(C)c1cc(N(B)C)cc(N(B)C)c1. The summed E-state index contributed by atoms with van der Waals surface area (Å²) in [6, 6.07) is 6.56. The first-order valence-corrected chi connectivity index (χ1v) is 5.09. The normalized spacial score (nSPS) is 9.80. The lowest BCUT2D eigenvalue weighted by molar-refractivity contribution is 1.27. The van der Waals surface area contributed by atoms with Crippen LogP contribution in [0.2, 0.25) is 0 Å². The summed E-state index contributed by atoms with van der Waals surface area (Å²) in [6.45, 7) is 0. The first-order chi connectivity index (χ1) is 6.91. The molecule has 3 nitrogen and oxygen atoms in total. The average Bonchev–Trinajstić information content (AvgIpc) is 2.16. The second kappa shape index (κ2) is 4.56. The molecule has 1 aromatic rings. The maximum absolute atomic E-state index is 2.19. The number of benzene rings is 1. The van der Waals surface area contributed by atoms with Crippen LogP contribution in [0.1, 0.15) is 0 Å². The lowest BCUT2D eigenvalue weighted by Crippen LogP contribution is -2.18. The smallest absolute Gasteiger partial charge is 0.217 e. The van der Waals surface area contributed by atoms with Gasteiger partial charge in [-0.3, -0.25) is 0 Å².